The first kappa shape index (κ1) is 11.6. The monoisotopic (exact) mass is 222 g/mol. The lowest BCUT2D eigenvalue weighted by molar-refractivity contribution is 0.0952. The third-order valence-electron chi connectivity index (χ3n) is 3.57. The molecule has 0 aliphatic heterocycles. The Hall–Kier alpha value is -0.890. The van der Waals surface area contributed by atoms with Crippen LogP contribution in [0.1, 0.15) is 50.2 Å². The molecule has 2 rings (SSSR count). The molecule has 1 nitrogen and oxygen atoms in total. The van der Waals surface area contributed by atoms with E-state index in [0.717, 1.165) is 25.7 Å². The van der Waals surface area contributed by atoms with Gasteiger partial charge in [0.05, 0.1) is 6.10 Å². The van der Waals surface area contributed by atoms with Crippen LogP contribution in [0.25, 0.3) is 0 Å². The summed E-state index contributed by atoms with van der Waals surface area (Å²) in [6, 6.07) is 6.58. The Labute approximate surface area is 96.3 Å². The second-order valence-electron chi connectivity index (χ2n) is 4.72. The van der Waals surface area contributed by atoms with Gasteiger partial charge in [-0.25, -0.2) is 4.39 Å². The third kappa shape index (κ3) is 2.62. The lowest BCUT2D eigenvalue weighted by Crippen LogP contribution is -2.13. The van der Waals surface area contributed by atoms with Crippen molar-refractivity contribution in [2.75, 3.05) is 0 Å². The molecule has 0 radical (unpaired) electrons. The van der Waals surface area contributed by atoms with Crippen LogP contribution >= 0.6 is 0 Å². The van der Waals surface area contributed by atoms with E-state index in [-0.39, 0.29) is 11.7 Å². The minimum atomic E-state index is -0.626. The summed E-state index contributed by atoms with van der Waals surface area (Å²) >= 11 is 0. The van der Waals surface area contributed by atoms with Crippen molar-refractivity contribution in [3.8, 4) is 0 Å². The van der Waals surface area contributed by atoms with E-state index in [1.165, 1.54) is 18.9 Å². The Kier molecular flexibility index (Phi) is 3.94. The quantitative estimate of drug-likeness (QED) is 0.754. The molecule has 88 valence electrons. The average molecular weight is 222 g/mol. The van der Waals surface area contributed by atoms with Gasteiger partial charge in [0.1, 0.15) is 5.82 Å². The third-order valence-corrected chi connectivity index (χ3v) is 3.57. The van der Waals surface area contributed by atoms with Gasteiger partial charge < -0.3 is 5.11 Å². The molecule has 0 unspecified atom stereocenters. The number of rotatable bonds is 2. The summed E-state index contributed by atoms with van der Waals surface area (Å²) in [5, 5.41) is 10.2. The molecule has 1 aromatic carbocycles. The molecule has 1 N–H and O–H groups in total. The maximum absolute atomic E-state index is 13.5. The molecule has 1 aliphatic rings. The molecular weight excluding hydrogens is 203 g/mol. The van der Waals surface area contributed by atoms with E-state index in [1.54, 1.807) is 18.2 Å². The zero-order chi connectivity index (χ0) is 11.4. The molecule has 0 spiro atoms. The first-order valence-electron chi connectivity index (χ1n) is 6.21. The maximum Gasteiger partial charge on any atom is 0.129 e. The number of hydrogen-bond acceptors (Lipinski definition) is 1. The zero-order valence-corrected chi connectivity index (χ0v) is 9.53. The Morgan fingerprint density at radius 1 is 1.06 bits per heavy atom. The van der Waals surface area contributed by atoms with Crippen molar-refractivity contribution >= 4 is 0 Å². The molecule has 1 aliphatic carbocycles. The highest BCUT2D eigenvalue weighted by Gasteiger charge is 2.23. The fourth-order valence-corrected chi connectivity index (χ4v) is 2.60. The number of hydrogen-bond donors (Lipinski definition) is 1. The standard InChI is InChI=1S/C14H19FO/c15-13-10-6-5-9-12(13)14(16)11-7-3-1-2-4-8-11/h5-6,9-11,14,16H,1-4,7-8H2/t14-/m1/s1. The summed E-state index contributed by atoms with van der Waals surface area (Å²) in [7, 11) is 0. The van der Waals surface area contributed by atoms with E-state index in [0.29, 0.717) is 5.56 Å². The molecule has 1 saturated carbocycles. The molecule has 0 heterocycles. The van der Waals surface area contributed by atoms with Gasteiger partial charge in [-0.1, -0.05) is 43.9 Å². The van der Waals surface area contributed by atoms with Gasteiger partial charge in [-0.2, -0.15) is 0 Å². The highest BCUT2D eigenvalue weighted by molar-refractivity contribution is 5.20. The first-order chi connectivity index (χ1) is 7.79. The normalized spacial score (nSPS) is 20.4. The predicted molar refractivity (Wildman–Crippen MR) is 62.6 cm³/mol. The maximum atomic E-state index is 13.5. The fraction of sp³-hybridized carbons (Fsp3) is 0.571. The van der Waals surface area contributed by atoms with Crippen molar-refractivity contribution in [1.29, 1.82) is 0 Å². The lowest BCUT2D eigenvalue weighted by Gasteiger charge is -2.21. The minimum absolute atomic E-state index is 0.236. The van der Waals surface area contributed by atoms with E-state index in [9.17, 15) is 9.50 Å². The molecule has 2 heteroatoms. The fourth-order valence-electron chi connectivity index (χ4n) is 2.60. The van der Waals surface area contributed by atoms with Gasteiger partial charge in [0.15, 0.2) is 0 Å². The molecule has 1 aromatic rings. The summed E-state index contributed by atoms with van der Waals surface area (Å²) < 4.78 is 13.5. The van der Waals surface area contributed by atoms with Crippen LogP contribution in [-0.2, 0) is 0 Å². The molecule has 0 saturated heterocycles. The van der Waals surface area contributed by atoms with Crippen LogP contribution in [0.4, 0.5) is 4.39 Å². The number of aliphatic hydroxyl groups is 1. The molecule has 16 heavy (non-hydrogen) atoms. The van der Waals surface area contributed by atoms with Gasteiger partial charge in [0, 0.05) is 5.56 Å². The van der Waals surface area contributed by atoms with Crippen molar-refractivity contribution in [2.24, 2.45) is 5.92 Å². The molecular formula is C14H19FO. The van der Waals surface area contributed by atoms with E-state index in [4.69, 9.17) is 0 Å². The van der Waals surface area contributed by atoms with Crippen LogP contribution in [0, 0.1) is 11.7 Å². The zero-order valence-electron chi connectivity index (χ0n) is 9.53. The minimum Gasteiger partial charge on any atom is -0.388 e. The number of benzene rings is 1. The van der Waals surface area contributed by atoms with E-state index < -0.39 is 6.10 Å². The summed E-state index contributed by atoms with van der Waals surface area (Å²) in [6.45, 7) is 0. The highest BCUT2D eigenvalue weighted by atomic mass is 19.1. The van der Waals surface area contributed by atoms with Crippen LogP contribution in [0.3, 0.4) is 0 Å². The molecule has 0 amide bonds. The summed E-state index contributed by atoms with van der Waals surface area (Å²) in [4.78, 5) is 0. The van der Waals surface area contributed by atoms with Gasteiger partial charge in [-0.15, -0.1) is 0 Å². The smallest absolute Gasteiger partial charge is 0.129 e. The highest BCUT2D eigenvalue weighted by Crippen LogP contribution is 2.34. The van der Waals surface area contributed by atoms with E-state index in [1.807, 2.05) is 0 Å². The van der Waals surface area contributed by atoms with Crippen molar-refractivity contribution < 1.29 is 9.50 Å². The second kappa shape index (κ2) is 5.44. The Morgan fingerprint density at radius 3 is 2.31 bits per heavy atom. The van der Waals surface area contributed by atoms with E-state index >= 15 is 0 Å². The van der Waals surface area contributed by atoms with Crippen molar-refractivity contribution in [3.05, 3.63) is 35.6 Å². The lowest BCUT2D eigenvalue weighted by atomic mass is 9.89. The first-order valence-corrected chi connectivity index (χ1v) is 6.21. The van der Waals surface area contributed by atoms with Gasteiger partial charge in [0.25, 0.3) is 0 Å². The Balaban J connectivity index is 2.11. The van der Waals surface area contributed by atoms with Crippen molar-refractivity contribution in [2.45, 2.75) is 44.6 Å². The van der Waals surface area contributed by atoms with Gasteiger partial charge in [-0.05, 0) is 24.8 Å². The topological polar surface area (TPSA) is 20.2 Å². The van der Waals surface area contributed by atoms with Gasteiger partial charge >= 0.3 is 0 Å². The van der Waals surface area contributed by atoms with Crippen LogP contribution in [0.5, 0.6) is 0 Å². The summed E-state index contributed by atoms with van der Waals surface area (Å²) in [5.74, 6) is -0.0429. The van der Waals surface area contributed by atoms with Crippen LogP contribution < -0.4 is 0 Å². The average Bonchev–Trinajstić information content (AvgIpc) is 2.57. The molecule has 0 aromatic heterocycles. The Bertz CT molecular complexity index is 329. The van der Waals surface area contributed by atoms with Crippen molar-refractivity contribution in [3.63, 3.8) is 0 Å². The predicted octanol–water partition coefficient (Wildman–Crippen LogP) is 3.83. The van der Waals surface area contributed by atoms with Crippen LogP contribution in [0.15, 0.2) is 24.3 Å². The molecule has 0 bridgehead atoms. The molecule has 1 fully saturated rings. The summed E-state index contributed by atoms with van der Waals surface area (Å²) in [6.07, 6.45) is 6.25. The van der Waals surface area contributed by atoms with Gasteiger partial charge in [0.2, 0.25) is 0 Å². The SMILES string of the molecule is O[C@@H](c1ccccc1F)C1CCCCCC1. The molecule has 1 atom stereocenters. The van der Waals surface area contributed by atoms with Crippen LogP contribution in [0.2, 0.25) is 0 Å². The largest absolute Gasteiger partial charge is 0.388 e. The summed E-state index contributed by atoms with van der Waals surface area (Å²) in [5.41, 5.74) is 0.467. The number of halogens is 1. The van der Waals surface area contributed by atoms with E-state index in [2.05, 4.69) is 0 Å². The Morgan fingerprint density at radius 2 is 1.69 bits per heavy atom. The number of aliphatic hydroxyl groups excluding tert-OH is 1. The van der Waals surface area contributed by atoms with Crippen LogP contribution in [-0.4, -0.2) is 5.11 Å². The van der Waals surface area contributed by atoms with Gasteiger partial charge in [-0.3, -0.25) is 0 Å². The van der Waals surface area contributed by atoms with Crippen molar-refractivity contribution in [1.82, 2.24) is 0 Å². The second-order valence-corrected chi connectivity index (χ2v) is 4.72.